The largest absolute Gasteiger partial charge is 0.497 e. The number of aromatic nitrogens is 2. The van der Waals surface area contributed by atoms with Crippen molar-refractivity contribution in [3.8, 4) is 5.75 Å². The molecule has 140 valence electrons. The van der Waals surface area contributed by atoms with Gasteiger partial charge in [-0.3, -0.25) is 4.79 Å². The molecule has 2 N–H and O–H groups in total. The standard InChI is InChI=1S/C20H28N4O2/c1-12-17-9-14(26-4)7-8-24(17)19(22-12)20(2,3)23-18(25)15-6-5-13-10-21-11-16(13)15/h7-9,13,15-16,21H,5-6,10-11H2,1-4H3,(H,23,25)/t13-,15?,16-/m0/s1. The lowest BCUT2D eigenvalue weighted by atomic mass is 9.90. The number of fused-ring (bicyclic) bond motifs is 2. The van der Waals surface area contributed by atoms with Gasteiger partial charge in [0.2, 0.25) is 5.91 Å². The van der Waals surface area contributed by atoms with Crippen LogP contribution in [-0.4, -0.2) is 35.5 Å². The fourth-order valence-corrected chi connectivity index (χ4v) is 4.71. The lowest BCUT2D eigenvalue weighted by Crippen LogP contribution is -2.46. The molecule has 2 aromatic rings. The highest BCUT2D eigenvalue weighted by molar-refractivity contribution is 5.80. The Balaban J connectivity index is 1.60. The first-order valence-electron chi connectivity index (χ1n) is 9.46. The Morgan fingerprint density at radius 1 is 1.38 bits per heavy atom. The maximum absolute atomic E-state index is 13.0. The van der Waals surface area contributed by atoms with Crippen molar-refractivity contribution in [2.75, 3.05) is 20.2 Å². The quantitative estimate of drug-likeness (QED) is 0.882. The van der Waals surface area contributed by atoms with E-state index in [0.717, 1.165) is 48.7 Å². The van der Waals surface area contributed by atoms with Crippen LogP contribution in [0.5, 0.6) is 5.75 Å². The van der Waals surface area contributed by atoms with Crippen molar-refractivity contribution in [1.82, 2.24) is 20.0 Å². The van der Waals surface area contributed by atoms with Gasteiger partial charge in [-0.15, -0.1) is 0 Å². The van der Waals surface area contributed by atoms with Gasteiger partial charge in [0.25, 0.3) is 0 Å². The zero-order valence-corrected chi connectivity index (χ0v) is 16.0. The molecule has 3 atom stereocenters. The summed E-state index contributed by atoms with van der Waals surface area (Å²) in [4.78, 5) is 17.8. The van der Waals surface area contributed by atoms with Gasteiger partial charge in [0.1, 0.15) is 11.6 Å². The molecule has 1 saturated heterocycles. The number of nitrogens with zero attached hydrogens (tertiary/aromatic N) is 2. The summed E-state index contributed by atoms with van der Waals surface area (Å²) < 4.78 is 7.38. The van der Waals surface area contributed by atoms with Crippen LogP contribution < -0.4 is 15.4 Å². The molecule has 1 aliphatic heterocycles. The number of carbonyl (C=O) groups excluding carboxylic acids is 1. The number of hydrogen-bond acceptors (Lipinski definition) is 4. The van der Waals surface area contributed by atoms with Gasteiger partial charge >= 0.3 is 0 Å². The van der Waals surface area contributed by atoms with Crippen LogP contribution >= 0.6 is 0 Å². The zero-order valence-electron chi connectivity index (χ0n) is 16.0. The van der Waals surface area contributed by atoms with Crippen LogP contribution in [0.15, 0.2) is 18.3 Å². The summed E-state index contributed by atoms with van der Waals surface area (Å²) in [6.45, 7) is 8.07. The van der Waals surface area contributed by atoms with Crippen molar-refractivity contribution >= 4 is 11.4 Å². The van der Waals surface area contributed by atoms with E-state index in [9.17, 15) is 4.79 Å². The van der Waals surface area contributed by atoms with Crippen molar-refractivity contribution in [3.63, 3.8) is 0 Å². The molecule has 0 aromatic carbocycles. The molecule has 0 spiro atoms. The smallest absolute Gasteiger partial charge is 0.224 e. The first-order chi connectivity index (χ1) is 12.4. The lowest BCUT2D eigenvalue weighted by molar-refractivity contribution is -0.127. The van der Waals surface area contributed by atoms with E-state index in [1.807, 2.05) is 43.5 Å². The molecule has 3 heterocycles. The molecule has 2 aliphatic rings. The summed E-state index contributed by atoms with van der Waals surface area (Å²) in [5.41, 5.74) is 1.39. The minimum atomic E-state index is -0.549. The summed E-state index contributed by atoms with van der Waals surface area (Å²) >= 11 is 0. The number of nitrogens with one attached hydrogen (secondary N) is 2. The van der Waals surface area contributed by atoms with Crippen molar-refractivity contribution < 1.29 is 9.53 Å². The third-order valence-electron chi connectivity index (χ3n) is 6.12. The second kappa shape index (κ2) is 6.27. The van der Waals surface area contributed by atoms with Gasteiger partial charge in [0.15, 0.2) is 0 Å². The van der Waals surface area contributed by atoms with E-state index in [1.54, 1.807) is 7.11 Å². The number of aryl methyl sites for hydroxylation is 1. The number of hydrogen-bond donors (Lipinski definition) is 2. The van der Waals surface area contributed by atoms with Crippen LogP contribution in [0, 0.1) is 24.7 Å². The zero-order chi connectivity index (χ0) is 18.5. The Labute approximate surface area is 154 Å². The first-order valence-corrected chi connectivity index (χ1v) is 9.46. The Morgan fingerprint density at radius 3 is 2.96 bits per heavy atom. The Hall–Kier alpha value is -2.08. The van der Waals surface area contributed by atoms with Gasteiger partial charge < -0.3 is 19.8 Å². The highest BCUT2D eigenvalue weighted by Gasteiger charge is 2.44. The molecule has 4 rings (SSSR count). The van der Waals surface area contributed by atoms with Crippen LogP contribution in [0.2, 0.25) is 0 Å². The summed E-state index contributed by atoms with van der Waals surface area (Å²) in [7, 11) is 1.66. The van der Waals surface area contributed by atoms with Crippen LogP contribution in [0.3, 0.4) is 0 Å². The summed E-state index contributed by atoms with van der Waals surface area (Å²) in [5.74, 6) is 3.07. The second-order valence-electron chi connectivity index (χ2n) is 8.22. The molecule has 0 radical (unpaired) electrons. The van der Waals surface area contributed by atoms with Crippen molar-refractivity contribution in [3.05, 3.63) is 29.8 Å². The summed E-state index contributed by atoms with van der Waals surface area (Å²) in [6.07, 6.45) is 4.11. The van der Waals surface area contributed by atoms with Gasteiger partial charge in [-0.05, 0) is 64.6 Å². The van der Waals surface area contributed by atoms with Gasteiger partial charge in [-0.25, -0.2) is 4.98 Å². The van der Waals surface area contributed by atoms with Crippen molar-refractivity contribution in [1.29, 1.82) is 0 Å². The topological polar surface area (TPSA) is 67.7 Å². The molecule has 1 amide bonds. The van der Waals surface area contributed by atoms with Crippen molar-refractivity contribution in [2.45, 2.75) is 39.2 Å². The van der Waals surface area contributed by atoms with E-state index in [1.165, 1.54) is 0 Å². The van der Waals surface area contributed by atoms with Gasteiger partial charge in [-0.1, -0.05) is 0 Å². The lowest BCUT2D eigenvalue weighted by Gasteiger charge is -2.28. The molecule has 6 heteroatoms. The number of methoxy groups -OCH3 is 1. The fraction of sp³-hybridized carbons (Fsp3) is 0.600. The van der Waals surface area contributed by atoms with Crippen LogP contribution in [0.1, 0.15) is 38.2 Å². The van der Waals surface area contributed by atoms with Gasteiger partial charge in [-0.2, -0.15) is 0 Å². The van der Waals surface area contributed by atoms with E-state index in [0.29, 0.717) is 11.8 Å². The highest BCUT2D eigenvalue weighted by atomic mass is 16.5. The number of rotatable bonds is 4. The number of amides is 1. The van der Waals surface area contributed by atoms with Crippen LogP contribution in [0.25, 0.3) is 5.52 Å². The number of carbonyl (C=O) groups is 1. The Kier molecular flexibility index (Phi) is 4.18. The van der Waals surface area contributed by atoms with E-state index in [4.69, 9.17) is 9.72 Å². The Bertz CT molecular complexity index is 842. The number of pyridine rings is 1. The van der Waals surface area contributed by atoms with E-state index in [-0.39, 0.29) is 11.8 Å². The maximum Gasteiger partial charge on any atom is 0.224 e. The number of imidazole rings is 1. The third-order valence-corrected chi connectivity index (χ3v) is 6.12. The normalized spacial score (nSPS) is 25.5. The average Bonchev–Trinajstić information content (AvgIpc) is 3.28. The predicted octanol–water partition coefficient (Wildman–Crippen LogP) is 2.25. The third kappa shape index (κ3) is 2.76. The van der Waals surface area contributed by atoms with Crippen molar-refractivity contribution in [2.24, 2.45) is 17.8 Å². The van der Waals surface area contributed by atoms with Gasteiger partial charge in [0, 0.05) is 18.2 Å². The van der Waals surface area contributed by atoms with Crippen LogP contribution in [-0.2, 0) is 10.3 Å². The molecular weight excluding hydrogens is 328 g/mol. The molecule has 1 unspecified atom stereocenters. The molecular formula is C20H28N4O2. The fourth-order valence-electron chi connectivity index (χ4n) is 4.71. The molecule has 26 heavy (non-hydrogen) atoms. The van der Waals surface area contributed by atoms with Crippen LogP contribution in [0.4, 0.5) is 0 Å². The molecule has 2 fully saturated rings. The number of ether oxygens (including phenoxy) is 1. The molecule has 6 nitrogen and oxygen atoms in total. The van der Waals surface area contributed by atoms with E-state index < -0.39 is 5.54 Å². The summed E-state index contributed by atoms with van der Waals surface area (Å²) in [5, 5.41) is 6.71. The van der Waals surface area contributed by atoms with Gasteiger partial charge in [0.05, 0.1) is 23.9 Å². The molecule has 2 aromatic heterocycles. The summed E-state index contributed by atoms with van der Waals surface area (Å²) in [6, 6.07) is 3.90. The first kappa shape index (κ1) is 17.3. The highest BCUT2D eigenvalue weighted by Crippen LogP contribution is 2.40. The predicted molar refractivity (Wildman–Crippen MR) is 100 cm³/mol. The molecule has 1 saturated carbocycles. The SMILES string of the molecule is COc1ccn2c(C(C)(C)NC(=O)C3CC[C@H]4CNC[C@H]34)nc(C)c2c1. The minimum absolute atomic E-state index is 0.113. The van der Waals surface area contributed by atoms with E-state index in [2.05, 4.69) is 10.6 Å². The maximum atomic E-state index is 13.0. The Morgan fingerprint density at radius 2 is 2.19 bits per heavy atom. The van der Waals surface area contributed by atoms with E-state index >= 15 is 0 Å². The average molecular weight is 356 g/mol. The molecule has 1 aliphatic carbocycles. The second-order valence-corrected chi connectivity index (χ2v) is 8.22. The monoisotopic (exact) mass is 356 g/mol. The molecule has 0 bridgehead atoms. The minimum Gasteiger partial charge on any atom is -0.497 e.